The number of amides is 1. The van der Waals surface area contributed by atoms with Gasteiger partial charge in [-0.25, -0.2) is 0 Å². The van der Waals surface area contributed by atoms with Crippen molar-refractivity contribution >= 4 is 5.91 Å². The molecule has 2 rings (SSSR count). The number of benzene rings is 1. The van der Waals surface area contributed by atoms with E-state index < -0.39 is 0 Å². The summed E-state index contributed by atoms with van der Waals surface area (Å²) in [5.41, 5.74) is 1.22. The molecule has 0 fully saturated rings. The summed E-state index contributed by atoms with van der Waals surface area (Å²) < 4.78 is 5.18. The first-order valence-corrected chi connectivity index (χ1v) is 6.03. The van der Waals surface area contributed by atoms with Gasteiger partial charge in [0.05, 0.1) is 0 Å². The van der Waals surface area contributed by atoms with Crippen molar-refractivity contribution in [1.29, 1.82) is 0 Å². The average Bonchev–Trinajstić information content (AvgIpc) is 2.89. The Kier molecular flexibility index (Phi) is 3.77. The lowest BCUT2D eigenvalue weighted by atomic mass is 10.1. The number of aromatic nitrogens is 1. The van der Waals surface area contributed by atoms with Gasteiger partial charge in [0, 0.05) is 17.7 Å². The Balaban J connectivity index is 2.13. The predicted molar refractivity (Wildman–Crippen MR) is 69.2 cm³/mol. The highest BCUT2D eigenvalue weighted by Crippen LogP contribution is 2.19. The van der Waals surface area contributed by atoms with Crippen molar-refractivity contribution in [2.45, 2.75) is 26.3 Å². The van der Waals surface area contributed by atoms with E-state index in [0.717, 1.165) is 12.0 Å². The Morgan fingerprint density at radius 2 is 2.11 bits per heavy atom. The molecular weight excluding hydrogens is 228 g/mol. The summed E-state index contributed by atoms with van der Waals surface area (Å²) in [6.45, 7) is 3.97. The van der Waals surface area contributed by atoms with Crippen LogP contribution in [0.2, 0.25) is 0 Å². The molecule has 0 radical (unpaired) electrons. The van der Waals surface area contributed by atoms with E-state index in [1.165, 1.54) is 0 Å². The molecule has 4 heteroatoms. The molecule has 0 aliphatic heterocycles. The average molecular weight is 244 g/mol. The van der Waals surface area contributed by atoms with Crippen LogP contribution in [0.1, 0.15) is 30.8 Å². The van der Waals surface area contributed by atoms with E-state index in [0.29, 0.717) is 11.5 Å². The van der Waals surface area contributed by atoms with E-state index in [-0.39, 0.29) is 11.9 Å². The Morgan fingerprint density at radius 3 is 2.78 bits per heavy atom. The molecule has 0 saturated carbocycles. The molecule has 0 spiro atoms. The highest BCUT2D eigenvalue weighted by atomic mass is 16.5. The smallest absolute Gasteiger partial charge is 0.273 e. The molecule has 0 aliphatic rings. The van der Waals surface area contributed by atoms with Gasteiger partial charge in [0.2, 0.25) is 0 Å². The molecule has 1 atom stereocenters. The first-order valence-electron chi connectivity index (χ1n) is 6.03. The monoisotopic (exact) mass is 244 g/mol. The maximum Gasteiger partial charge on any atom is 0.273 e. The molecule has 1 amide bonds. The van der Waals surface area contributed by atoms with Gasteiger partial charge in [-0.1, -0.05) is 42.4 Å². The minimum atomic E-state index is -0.199. The van der Waals surface area contributed by atoms with Crippen LogP contribution in [-0.4, -0.2) is 17.1 Å². The molecule has 0 bridgehead atoms. The molecule has 4 nitrogen and oxygen atoms in total. The van der Waals surface area contributed by atoms with Crippen molar-refractivity contribution in [2.24, 2.45) is 0 Å². The first kappa shape index (κ1) is 12.4. The first-order chi connectivity index (χ1) is 8.70. The van der Waals surface area contributed by atoms with Gasteiger partial charge in [-0.05, 0) is 13.3 Å². The van der Waals surface area contributed by atoms with E-state index in [1.807, 2.05) is 44.2 Å². The molecule has 18 heavy (non-hydrogen) atoms. The van der Waals surface area contributed by atoms with Crippen LogP contribution in [0.3, 0.4) is 0 Å². The lowest BCUT2D eigenvalue weighted by Gasteiger charge is -2.08. The second-order valence-corrected chi connectivity index (χ2v) is 4.23. The maximum absolute atomic E-state index is 11.8. The van der Waals surface area contributed by atoms with Crippen LogP contribution in [0, 0.1) is 0 Å². The minimum Gasteiger partial charge on any atom is -0.355 e. The molecule has 0 aliphatic carbocycles. The summed E-state index contributed by atoms with van der Waals surface area (Å²) in [5.74, 6) is 0.403. The van der Waals surface area contributed by atoms with Gasteiger partial charge in [-0.2, -0.15) is 0 Å². The van der Waals surface area contributed by atoms with Gasteiger partial charge in [0.25, 0.3) is 5.91 Å². The lowest BCUT2D eigenvalue weighted by Crippen LogP contribution is -2.32. The summed E-state index contributed by atoms with van der Waals surface area (Å²) >= 11 is 0. The van der Waals surface area contributed by atoms with E-state index in [4.69, 9.17) is 4.52 Å². The summed E-state index contributed by atoms with van der Waals surface area (Å²) in [5, 5.41) is 6.64. The Morgan fingerprint density at radius 1 is 1.39 bits per heavy atom. The number of rotatable bonds is 4. The van der Waals surface area contributed by atoms with Crippen molar-refractivity contribution in [3.05, 3.63) is 42.1 Å². The second-order valence-electron chi connectivity index (χ2n) is 4.23. The van der Waals surface area contributed by atoms with Crippen molar-refractivity contribution in [3.8, 4) is 11.3 Å². The summed E-state index contributed by atoms with van der Waals surface area (Å²) in [6, 6.07) is 11.4. The minimum absolute atomic E-state index is 0.134. The zero-order chi connectivity index (χ0) is 13.0. The molecule has 0 saturated heterocycles. The number of nitrogens with zero attached hydrogens (tertiary/aromatic N) is 1. The van der Waals surface area contributed by atoms with Crippen LogP contribution in [0.4, 0.5) is 0 Å². The van der Waals surface area contributed by atoms with Crippen molar-refractivity contribution in [1.82, 2.24) is 10.5 Å². The van der Waals surface area contributed by atoms with Gasteiger partial charge in [0.15, 0.2) is 11.5 Å². The summed E-state index contributed by atoms with van der Waals surface area (Å²) in [4.78, 5) is 11.8. The van der Waals surface area contributed by atoms with E-state index in [9.17, 15) is 4.79 Å². The third kappa shape index (κ3) is 2.77. The highest BCUT2D eigenvalue weighted by Gasteiger charge is 2.14. The normalized spacial score (nSPS) is 12.1. The fraction of sp³-hybridized carbons (Fsp3) is 0.286. The summed E-state index contributed by atoms with van der Waals surface area (Å²) in [6.07, 6.45) is 0.884. The SMILES string of the molecule is CC[C@@H](C)NC(=O)c1cc(-c2ccccc2)on1. The quantitative estimate of drug-likeness (QED) is 0.899. The van der Waals surface area contributed by atoms with Crippen LogP contribution in [-0.2, 0) is 0 Å². The number of hydrogen-bond acceptors (Lipinski definition) is 3. The van der Waals surface area contributed by atoms with E-state index in [2.05, 4.69) is 10.5 Å². The number of carbonyl (C=O) groups is 1. The molecule has 94 valence electrons. The van der Waals surface area contributed by atoms with E-state index in [1.54, 1.807) is 6.07 Å². The van der Waals surface area contributed by atoms with Crippen molar-refractivity contribution in [3.63, 3.8) is 0 Å². The zero-order valence-corrected chi connectivity index (χ0v) is 10.5. The van der Waals surface area contributed by atoms with Crippen LogP contribution in [0.5, 0.6) is 0 Å². The molecule has 1 aromatic carbocycles. The molecular formula is C14H16N2O2. The maximum atomic E-state index is 11.8. The Hall–Kier alpha value is -2.10. The van der Waals surface area contributed by atoms with Crippen LogP contribution in [0.25, 0.3) is 11.3 Å². The largest absolute Gasteiger partial charge is 0.355 e. The fourth-order valence-electron chi connectivity index (χ4n) is 1.52. The van der Waals surface area contributed by atoms with Crippen LogP contribution in [0.15, 0.2) is 40.9 Å². The molecule has 2 aromatic rings. The third-order valence-corrected chi connectivity index (χ3v) is 2.79. The zero-order valence-electron chi connectivity index (χ0n) is 10.5. The standard InChI is InChI=1S/C14H16N2O2/c1-3-10(2)15-14(17)12-9-13(18-16-12)11-7-5-4-6-8-11/h4-10H,3H2,1-2H3,(H,15,17)/t10-/m1/s1. The number of nitrogens with one attached hydrogen (secondary N) is 1. The predicted octanol–water partition coefficient (Wildman–Crippen LogP) is 2.87. The molecule has 1 N–H and O–H groups in total. The van der Waals surface area contributed by atoms with Gasteiger partial charge in [-0.15, -0.1) is 0 Å². The molecule has 1 aromatic heterocycles. The van der Waals surface area contributed by atoms with Gasteiger partial charge in [-0.3, -0.25) is 4.79 Å². The molecule has 0 unspecified atom stereocenters. The van der Waals surface area contributed by atoms with Gasteiger partial charge >= 0.3 is 0 Å². The number of carbonyl (C=O) groups excluding carboxylic acids is 1. The van der Waals surface area contributed by atoms with Crippen LogP contribution < -0.4 is 5.32 Å². The Labute approximate surface area is 106 Å². The van der Waals surface area contributed by atoms with E-state index >= 15 is 0 Å². The van der Waals surface area contributed by atoms with Crippen molar-refractivity contribution in [2.75, 3.05) is 0 Å². The van der Waals surface area contributed by atoms with Crippen molar-refractivity contribution < 1.29 is 9.32 Å². The molecule has 1 heterocycles. The summed E-state index contributed by atoms with van der Waals surface area (Å²) in [7, 11) is 0. The van der Waals surface area contributed by atoms with Gasteiger partial charge < -0.3 is 9.84 Å². The fourth-order valence-corrected chi connectivity index (χ4v) is 1.52. The lowest BCUT2D eigenvalue weighted by molar-refractivity contribution is 0.0930. The Bertz CT molecular complexity index is 520. The number of hydrogen-bond donors (Lipinski definition) is 1. The highest BCUT2D eigenvalue weighted by molar-refractivity contribution is 5.93. The topological polar surface area (TPSA) is 55.1 Å². The second kappa shape index (κ2) is 5.49. The van der Waals surface area contributed by atoms with Crippen LogP contribution >= 0.6 is 0 Å². The third-order valence-electron chi connectivity index (χ3n) is 2.79. The van der Waals surface area contributed by atoms with Gasteiger partial charge in [0.1, 0.15) is 0 Å².